The average Bonchev–Trinajstić information content (AvgIpc) is 2.43. The van der Waals surface area contributed by atoms with Crippen molar-refractivity contribution in [3.8, 4) is 0 Å². The van der Waals surface area contributed by atoms with E-state index in [1.54, 1.807) is 11.0 Å². The lowest BCUT2D eigenvalue weighted by Crippen LogP contribution is -2.38. The summed E-state index contributed by atoms with van der Waals surface area (Å²) in [5.41, 5.74) is 3.84. The molecule has 0 bridgehead atoms. The van der Waals surface area contributed by atoms with Crippen LogP contribution in [0.3, 0.4) is 0 Å². The third-order valence-electron chi connectivity index (χ3n) is 3.88. The number of amides is 1. The van der Waals surface area contributed by atoms with Gasteiger partial charge in [-0.15, -0.1) is 0 Å². The van der Waals surface area contributed by atoms with Crippen molar-refractivity contribution in [2.24, 2.45) is 11.8 Å². The molecular formula is C16H28N4O. The minimum atomic E-state index is -0.149. The highest BCUT2D eigenvalue weighted by Crippen LogP contribution is 2.24. The van der Waals surface area contributed by atoms with Gasteiger partial charge in [-0.05, 0) is 25.0 Å². The van der Waals surface area contributed by atoms with E-state index in [2.05, 4.69) is 52.0 Å². The number of nitrogen functional groups attached to an aromatic ring is 1. The van der Waals surface area contributed by atoms with E-state index in [9.17, 15) is 4.79 Å². The molecule has 3 N–H and O–H groups in total. The van der Waals surface area contributed by atoms with E-state index < -0.39 is 0 Å². The molecule has 0 spiro atoms. The summed E-state index contributed by atoms with van der Waals surface area (Å²) in [6.45, 7) is 12.4. The van der Waals surface area contributed by atoms with Crippen molar-refractivity contribution in [3.05, 3.63) is 23.4 Å². The van der Waals surface area contributed by atoms with Crippen LogP contribution in [0, 0.1) is 5.92 Å². The zero-order valence-electron chi connectivity index (χ0n) is 14.2. The smallest absolute Gasteiger partial charge is 0.254 e. The van der Waals surface area contributed by atoms with Gasteiger partial charge >= 0.3 is 0 Å². The number of carbonyl (C=O) groups excluding carboxylic acids is 1. The molecular weight excluding hydrogens is 264 g/mol. The minimum absolute atomic E-state index is 0.0133. The first kappa shape index (κ1) is 17.4. The second-order valence-electron chi connectivity index (χ2n) is 6.92. The van der Waals surface area contributed by atoms with Crippen molar-refractivity contribution in [2.45, 2.75) is 53.0 Å². The lowest BCUT2D eigenvalue weighted by molar-refractivity contribution is 0.0707. The van der Waals surface area contributed by atoms with Gasteiger partial charge in [-0.1, -0.05) is 34.6 Å². The van der Waals surface area contributed by atoms with Crippen molar-refractivity contribution < 1.29 is 4.79 Å². The maximum atomic E-state index is 12.7. The zero-order chi connectivity index (χ0) is 16.4. The molecule has 1 unspecified atom stereocenters. The standard InChI is InChI=1S/C16H28N4O/c1-10(2)11(3)20(7)15(21)12-8-13(16(4,5)6)18-14(9-12)19-17/h8-11H,17H2,1-7H3,(H,18,19). The largest absolute Gasteiger partial charge is 0.339 e. The highest BCUT2D eigenvalue weighted by atomic mass is 16.2. The molecule has 5 heteroatoms. The third-order valence-corrected chi connectivity index (χ3v) is 3.88. The van der Waals surface area contributed by atoms with E-state index in [0.717, 1.165) is 5.69 Å². The van der Waals surface area contributed by atoms with Crippen LogP contribution in [0.2, 0.25) is 0 Å². The van der Waals surface area contributed by atoms with Gasteiger partial charge in [0.2, 0.25) is 0 Å². The zero-order valence-corrected chi connectivity index (χ0v) is 14.2. The quantitative estimate of drug-likeness (QED) is 0.661. The SMILES string of the molecule is CC(C)C(C)N(C)C(=O)c1cc(NN)nc(C(C)(C)C)c1. The monoisotopic (exact) mass is 292 g/mol. The van der Waals surface area contributed by atoms with Crippen LogP contribution in [-0.4, -0.2) is 28.9 Å². The number of rotatable bonds is 4. The molecule has 21 heavy (non-hydrogen) atoms. The first-order chi connectivity index (χ1) is 9.57. The highest BCUT2D eigenvalue weighted by Gasteiger charge is 2.23. The molecule has 1 heterocycles. The second-order valence-corrected chi connectivity index (χ2v) is 6.92. The van der Waals surface area contributed by atoms with Crippen molar-refractivity contribution in [3.63, 3.8) is 0 Å². The summed E-state index contributed by atoms with van der Waals surface area (Å²) in [6, 6.07) is 3.71. The number of hydrazine groups is 1. The van der Waals surface area contributed by atoms with Gasteiger partial charge in [-0.3, -0.25) is 4.79 Å². The van der Waals surface area contributed by atoms with Crippen molar-refractivity contribution in [1.29, 1.82) is 0 Å². The van der Waals surface area contributed by atoms with Crippen molar-refractivity contribution in [2.75, 3.05) is 12.5 Å². The van der Waals surface area contributed by atoms with E-state index in [0.29, 0.717) is 17.3 Å². The summed E-state index contributed by atoms with van der Waals surface area (Å²) in [6.07, 6.45) is 0. The number of hydrogen-bond donors (Lipinski definition) is 2. The Bertz CT molecular complexity index is 505. The lowest BCUT2D eigenvalue weighted by atomic mass is 9.90. The summed E-state index contributed by atoms with van der Waals surface area (Å²) in [7, 11) is 1.83. The van der Waals surface area contributed by atoms with Gasteiger partial charge in [0.15, 0.2) is 0 Å². The topological polar surface area (TPSA) is 71.2 Å². The number of pyridine rings is 1. The molecule has 5 nitrogen and oxygen atoms in total. The summed E-state index contributed by atoms with van der Waals surface area (Å²) >= 11 is 0. The number of carbonyl (C=O) groups is 1. The Morgan fingerprint density at radius 2 is 1.86 bits per heavy atom. The Hall–Kier alpha value is -1.62. The minimum Gasteiger partial charge on any atom is -0.339 e. The molecule has 1 amide bonds. The van der Waals surface area contributed by atoms with Crippen LogP contribution in [-0.2, 0) is 5.41 Å². The molecule has 0 aliphatic rings. The highest BCUT2D eigenvalue weighted by molar-refractivity contribution is 5.95. The number of nitrogens with one attached hydrogen (secondary N) is 1. The van der Waals surface area contributed by atoms with Crippen molar-refractivity contribution >= 4 is 11.7 Å². The van der Waals surface area contributed by atoms with Gasteiger partial charge in [0.1, 0.15) is 5.82 Å². The third kappa shape index (κ3) is 4.17. The van der Waals surface area contributed by atoms with Gasteiger partial charge < -0.3 is 10.3 Å². The van der Waals surface area contributed by atoms with E-state index in [1.165, 1.54) is 0 Å². The molecule has 0 aliphatic carbocycles. The number of hydrogen-bond acceptors (Lipinski definition) is 4. The van der Waals surface area contributed by atoms with Crippen LogP contribution in [0.4, 0.5) is 5.82 Å². The second kappa shape index (κ2) is 6.43. The molecule has 0 fully saturated rings. The van der Waals surface area contributed by atoms with Gasteiger partial charge in [0.25, 0.3) is 5.91 Å². The fraction of sp³-hybridized carbons (Fsp3) is 0.625. The van der Waals surface area contributed by atoms with E-state index >= 15 is 0 Å². The molecule has 0 aromatic carbocycles. The van der Waals surface area contributed by atoms with E-state index in [-0.39, 0.29) is 17.4 Å². The molecule has 1 aromatic heterocycles. The van der Waals surface area contributed by atoms with Crippen LogP contribution in [0.5, 0.6) is 0 Å². The number of anilines is 1. The Labute approximate surface area is 127 Å². The van der Waals surface area contributed by atoms with Gasteiger partial charge in [-0.2, -0.15) is 0 Å². The molecule has 0 saturated heterocycles. The molecule has 1 rings (SSSR count). The first-order valence-corrected chi connectivity index (χ1v) is 7.34. The fourth-order valence-electron chi connectivity index (χ4n) is 1.95. The Morgan fingerprint density at radius 3 is 2.29 bits per heavy atom. The Morgan fingerprint density at radius 1 is 1.29 bits per heavy atom. The predicted octanol–water partition coefficient (Wildman–Crippen LogP) is 2.78. The number of nitrogens with two attached hydrogens (primary N) is 1. The average molecular weight is 292 g/mol. The first-order valence-electron chi connectivity index (χ1n) is 7.34. The van der Waals surface area contributed by atoms with Crippen LogP contribution in [0.15, 0.2) is 12.1 Å². The van der Waals surface area contributed by atoms with Crippen LogP contribution in [0.1, 0.15) is 57.6 Å². The van der Waals surface area contributed by atoms with Gasteiger partial charge in [0.05, 0.1) is 0 Å². The summed E-state index contributed by atoms with van der Waals surface area (Å²) in [5, 5.41) is 0. The Kier molecular flexibility index (Phi) is 5.34. The molecule has 1 atom stereocenters. The Balaban J connectivity index is 3.20. The normalized spacial score (nSPS) is 13.2. The van der Waals surface area contributed by atoms with Crippen LogP contribution < -0.4 is 11.3 Å². The maximum Gasteiger partial charge on any atom is 0.254 e. The molecule has 0 radical (unpaired) electrons. The lowest BCUT2D eigenvalue weighted by Gasteiger charge is -2.28. The summed E-state index contributed by atoms with van der Waals surface area (Å²) < 4.78 is 0. The maximum absolute atomic E-state index is 12.7. The van der Waals surface area contributed by atoms with Crippen LogP contribution >= 0.6 is 0 Å². The number of nitrogens with zero attached hydrogens (tertiary/aromatic N) is 2. The van der Waals surface area contributed by atoms with E-state index in [1.807, 2.05) is 13.1 Å². The molecule has 118 valence electrons. The summed E-state index contributed by atoms with van der Waals surface area (Å²) in [5.74, 6) is 6.37. The fourth-order valence-corrected chi connectivity index (χ4v) is 1.95. The van der Waals surface area contributed by atoms with Gasteiger partial charge in [0, 0.05) is 29.8 Å². The summed E-state index contributed by atoms with van der Waals surface area (Å²) in [4.78, 5) is 18.9. The predicted molar refractivity (Wildman–Crippen MR) is 87.1 cm³/mol. The van der Waals surface area contributed by atoms with Gasteiger partial charge in [-0.25, -0.2) is 10.8 Å². The molecule has 1 aromatic rings. The van der Waals surface area contributed by atoms with Crippen molar-refractivity contribution in [1.82, 2.24) is 9.88 Å². The molecule has 0 saturated carbocycles. The van der Waals surface area contributed by atoms with Crippen LogP contribution in [0.25, 0.3) is 0 Å². The number of aromatic nitrogens is 1. The molecule has 0 aliphatic heterocycles. The van der Waals surface area contributed by atoms with E-state index in [4.69, 9.17) is 5.84 Å².